The van der Waals surface area contributed by atoms with E-state index < -0.39 is 0 Å². The third-order valence-electron chi connectivity index (χ3n) is 3.35. The molecule has 0 radical (unpaired) electrons. The van der Waals surface area contributed by atoms with Gasteiger partial charge in [0, 0.05) is 13.6 Å². The average molecular weight is 262 g/mol. The minimum absolute atomic E-state index is 0.00266. The van der Waals surface area contributed by atoms with Crippen LogP contribution in [0.15, 0.2) is 24.3 Å². The molecule has 5 heteroatoms. The van der Waals surface area contributed by atoms with Gasteiger partial charge in [-0.3, -0.25) is 4.79 Å². The highest BCUT2D eigenvalue weighted by atomic mass is 16.5. The SMILES string of the molecule is COc1ccc(C2CN(CC(C)=O)C(=O)N2C)cc1. The molecule has 102 valence electrons. The van der Waals surface area contributed by atoms with E-state index in [0.717, 1.165) is 11.3 Å². The molecule has 0 N–H and O–H groups in total. The number of benzene rings is 1. The van der Waals surface area contributed by atoms with Gasteiger partial charge in [-0.2, -0.15) is 0 Å². The van der Waals surface area contributed by atoms with Crippen LogP contribution in [-0.2, 0) is 4.79 Å². The Morgan fingerprint density at radius 3 is 2.53 bits per heavy atom. The normalized spacial score (nSPS) is 18.9. The molecule has 0 saturated carbocycles. The summed E-state index contributed by atoms with van der Waals surface area (Å²) in [6.45, 7) is 2.21. The summed E-state index contributed by atoms with van der Waals surface area (Å²) in [5.74, 6) is 0.786. The highest BCUT2D eigenvalue weighted by Crippen LogP contribution is 2.28. The number of carbonyl (C=O) groups is 2. The van der Waals surface area contributed by atoms with Gasteiger partial charge in [-0.05, 0) is 24.6 Å². The molecule has 0 aliphatic carbocycles. The lowest BCUT2D eigenvalue weighted by molar-refractivity contribution is -0.117. The number of Topliss-reactive ketones (excluding diaryl/α,β-unsaturated/α-hetero) is 1. The van der Waals surface area contributed by atoms with Crippen molar-refractivity contribution in [1.82, 2.24) is 9.80 Å². The number of urea groups is 1. The van der Waals surface area contributed by atoms with Crippen molar-refractivity contribution in [2.75, 3.05) is 27.2 Å². The Hall–Kier alpha value is -2.04. The van der Waals surface area contributed by atoms with Crippen LogP contribution in [0.2, 0.25) is 0 Å². The number of ketones is 1. The molecule has 1 atom stereocenters. The Morgan fingerprint density at radius 1 is 1.37 bits per heavy atom. The van der Waals surface area contributed by atoms with Crippen LogP contribution in [0, 0.1) is 0 Å². The molecule has 1 unspecified atom stereocenters. The van der Waals surface area contributed by atoms with Crippen LogP contribution in [0.4, 0.5) is 4.79 Å². The first-order chi connectivity index (χ1) is 9.02. The lowest BCUT2D eigenvalue weighted by Crippen LogP contribution is -2.32. The van der Waals surface area contributed by atoms with E-state index in [1.165, 1.54) is 6.92 Å². The van der Waals surface area contributed by atoms with Crippen LogP contribution >= 0.6 is 0 Å². The van der Waals surface area contributed by atoms with E-state index in [1.54, 1.807) is 24.0 Å². The van der Waals surface area contributed by atoms with Crippen LogP contribution in [0.5, 0.6) is 5.75 Å². The smallest absolute Gasteiger partial charge is 0.320 e. The molecular formula is C14H18N2O3. The van der Waals surface area contributed by atoms with Crippen molar-refractivity contribution in [2.24, 2.45) is 0 Å². The molecule has 0 spiro atoms. The van der Waals surface area contributed by atoms with Gasteiger partial charge < -0.3 is 14.5 Å². The van der Waals surface area contributed by atoms with Crippen molar-refractivity contribution in [2.45, 2.75) is 13.0 Å². The molecule has 1 aromatic carbocycles. The van der Waals surface area contributed by atoms with E-state index in [-0.39, 0.29) is 24.4 Å². The molecule has 5 nitrogen and oxygen atoms in total. The van der Waals surface area contributed by atoms with E-state index in [9.17, 15) is 9.59 Å². The van der Waals surface area contributed by atoms with Crippen molar-refractivity contribution >= 4 is 11.8 Å². The second-order valence-corrected chi connectivity index (χ2v) is 4.76. The third-order valence-corrected chi connectivity index (χ3v) is 3.35. The summed E-state index contributed by atoms with van der Waals surface area (Å²) in [7, 11) is 3.38. The number of hydrogen-bond donors (Lipinski definition) is 0. The van der Waals surface area contributed by atoms with E-state index in [4.69, 9.17) is 4.74 Å². The number of ether oxygens (including phenoxy) is 1. The molecule has 2 rings (SSSR count). The molecule has 1 aliphatic rings. The Morgan fingerprint density at radius 2 is 2.00 bits per heavy atom. The molecular weight excluding hydrogens is 244 g/mol. The minimum Gasteiger partial charge on any atom is -0.497 e. The zero-order valence-corrected chi connectivity index (χ0v) is 11.4. The quantitative estimate of drug-likeness (QED) is 0.829. The van der Waals surface area contributed by atoms with Crippen LogP contribution in [-0.4, -0.2) is 48.9 Å². The molecule has 0 aromatic heterocycles. The third kappa shape index (κ3) is 2.70. The summed E-state index contributed by atoms with van der Waals surface area (Å²) in [6, 6.07) is 7.53. The van der Waals surface area contributed by atoms with E-state index in [0.29, 0.717) is 6.54 Å². The lowest BCUT2D eigenvalue weighted by atomic mass is 10.1. The van der Waals surface area contributed by atoms with E-state index in [1.807, 2.05) is 24.3 Å². The summed E-state index contributed by atoms with van der Waals surface area (Å²) in [5, 5.41) is 0. The number of carbonyl (C=O) groups excluding carboxylic acids is 2. The number of amides is 2. The van der Waals surface area contributed by atoms with Gasteiger partial charge >= 0.3 is 6.03 Å². The Bertz CT molecular complexity index is 484. The molecule has 19 heavy (non-hydrogen) atoms. The van der Waals surface area contributed by atoms with Crippen molar-refractivity contribution in [3.63, 3.8) is 0 Å². The Balaban J connectivity index is 2.16. The largest absolute Gasteiger partial charge is 0.497 e. The average Bonchev–Trinajstić information content (AvgIpc) is 2.67. The van der Waals surface area contributed by atoms with Gasteiger partial charge in [-0.15, -0.1) is 0 Å². The predicted molar refractivity (Wildman–Crippen MR) is 71.1 cm³/mol. The lowest BCUT2D eigenvalue weighted by Gasteiger charge is -2.18. The second kappa shape index (κ2) is 5.30. The number of hydrogen-bond acceptors (Lipinski definition) is 3. The Kier molecular flexibility index (Phi) is 3.74. The van der Waals surface area contributed by atoms with Gasteiger partial charge in [0.05, 0.1) is 19.7 Å². The molecule has 1 aliphatic heterocycles. The number of likely N-dealkylation sites (N-methyl/N-ethyl adjacent to an activating group) is 1. The van der Waals surface area contributed by atoms with E-state index >= 15 is 0 Å². The topological polar surface area (TPSA) is 49.9 Å². The number of methoxy groups -OCH3 is 1. The fourth-order valence-electron chi connectivity index (χ4n) is 2.32. The Labute approximate surface area is 112 Å². The zero-order chi connectivity index (χ0) is 14.0. The van der Waals surface area contributed by atoms with Crippen molar-refractivity contribution in [3.8, 4) is 5.75 Å². The number of nitrogens with zero attached hydrogens (tertiary/aromatic N) is 2. The maximum Gasteiger partial charge on any atom is 0.320 e. The number of rotatable bonds is 4. The van der Waals surface area contributed by atoms with Crippen molar-refractivity contribution < 1.29 is 14.3 Å². The fourth-order valence-corrected chi connectivity index (χ4v) is 2.32. The molecule has 0 bridgehead atoms. The summed E-state index contributed by atoms with van der Waals surface area (Å²) in [5.41, 5.74) is 1.04. The molecule has 2 amide bonds. The molecule has 1 heterocycles. The maximum absolute atomic E-state index is 12.0. The van der Waals surface area contributed by atoms with Gasteiger partial charge in [0.2, 0.25) is 0 Å². The summed E-state index contributed by atoms with van der Waals surface area (Å²) in [4.78, 5) is 26.4. The minimum atomic E-state index is -0.101. The van der Waals surface area contributed by atoms with Gasteiger partial charge in [-0.25, -0.2) is 4.79 Å². The summed E-state index contributed by atoms with van der Waals surface area (Å²) >= 11 is 0. The van der Waals surface area contributed by atoms with Crippen LogP contribution in [0.3, 0.4) is 0 Å². The van der Waals surface area contributed by atoms with Gasteiger partial charge in [0.15, 0.2) is 0 Å². The first kappa shape index (κ1) is 13.4. The summed E-state index contributed by atoms with van der Waals surface area (Å²) in [6.07, 6.45) is 0. The first-order valence-corrected chi connectivity index (χ1v) is 6.18. The molecule has 1 fully saturated rings. The van der Waals surface area contributed by atoms with Crippen LogP contribution < -0.4 is 4.74 Å². The maximum atomic E-state index is 12.0. The standard InChI is InChI=1S/C14H18N2O3/c1-10(17)8-16-9-13(15(2)14(16)18)11-4-6-12(19-3)7-5-11/h4-7,13H,8-9H2,1-3H3. The first-order valence-electron chi connectivity index (χ1n) is 6.18. The molecule has 1 saturated heterocycles. The van der Waals surface area contributed by atoms with Crippen molar-refractivity contribution in [1.29, 1.82) is 0 Å². The van der Waals surface area contributed by atoms with Gasteiger partial charge in [0.1, 0.15) is 11.5 Å². The highest BCUT2D eigenvalue weighted by molar-refractivity contribution is 5.85. The molecule has 1 aromatic rings. The van der Waals surface area contributed by atoms with Crippen LogP contribution in [0.1, 0.15) is 18.5 Å². The second-order valence-electron chi connectivity index (χ2n) is 4.76. The van der Waals surface area contributed by atoms with Gasteiger partial charge in [0.25, 0.3) is 0 Å². The van der Waals surface area contributed by atoms with Crippen molar-refractivity contribution in [3.05, 3.63) is 29.8 Å². The zero-order valence-electron chi connectivity index (χ0n) is 11.4. The van der Waals surface area contributed by atoms with Crippen LogP contribution in [0.25, 0.3) is 0 Å². The fraction of sp³-hybridized carbons (Fsp3) is 0.429. The monoisotopic (exact) mass is 262 g/mol. The summed E-state index contributed by atoms with van der Waals surface area (Å²) < 4.78 is 5.12. The van der Waals surface area contributed by atoms with E-state index in [2.05, 4.69) is 0 Å². The predicted octanol–water partition coefficient (Wildman–Crippen LogP) is 1.69. The highest BCUT2D eigenvalue weighted by Gasteiger charge is 2.35. The van der Waals surface area contributed by atoms with Gasteiger partial charge in [-0.1, -0.05) is 12.1 Å².